The molecule has 1 aliphatic heterocycles. The number of sulfone groups is 1. The van der Waals surface area contributed by atoms with Crippen LogP contribution in [0.25, 0.3) is 0 Å². The van der Waals surface area contributed by atoms with Crippen LogP contribution in [0.4, 0.5) is 0 Å². The molecule has 1 atom stereocenters. The fraction of sp³-hybridized carbons (Fsp3) is 0.667. The second-order valence-electron chi connectivity index (χ2n) is 6.43. The van der Waals surface area contributed by atoms with Crippen molar-refractivity contribution in [1.29, 1.82) is 0 Å². The highest BCUT2D eigenvalue weighted by molar-refractivity contribution is 7.91. The molecule has 4 nitrogen and oxygen atoms in total. The summed E-state index contributed by atoms with van der Waals surface area (Å²) < 4.78 is 30.1. The molecule has 23 heavy (non-hydrogen) atoms. The SMILES string of the molecule is CCCC1CCCN(CCS(=O)(=O)c2cccc(OC)c2)CC1. The van der Waals surface area contributed by atoms with Gasteiger partial charge < -0.3 is 9.64 Å². The zero-order valence-corrected chi connectivity index (χ0v) is 15.1. The molecule has 0 aromatic heterocycles. The summed E-state index contributed by atoms with van der Waals surface area (Å²) in [4.78, 5) is 2.67. The van der Waals surface area contributed by atoms with Crippen molar-refractivity contribution in [3.05, 3.63) is 24.3 Å². The standard InChI is InChI=1S/C18H29NO3S/c1-3-6-16-7-5-11-19(12-10-16)13-14-23(20,21)18-9-4-8-17(15-18)22-2/h4,8-9,15-16H,3,5-7,10-14H2,1-2H3. The number of hydrogen-bond acceptors (Lipinski definition) is 4. The summed E-state index contributed by atoms with van der Waals surface area (Å²) in [6.45, 7) is 4.91. The van der Waals surface area contributed by atoms with Crippen molar-refractivity contribution in [1.82, 2.24) is 4.90 Å². The third-order valence-corrected chi connectivity index (χ3v) is 6.41. The number of nitrogens with zero attached hydrogens (tertiary/aromatic N) is 1. The summed E-state index contributed by atoms with van der Waals surface area (Å²) in [5.41, 5.74) is 0. The Morgan fingerprint density at radius 1 is 1.26 bits per heavy atom. The Balaban J connectivity index is 1.91. The summed E-state index contributed by atoms with van der Waals surface area (Å²) in [5, 5.41) is 0. The van der Waals surface area contributed by atoms with E-state index in [9.17, 15) is 8.42 Å². The molecule has 1 aliphatic rings. The Morgan fingerprint density at radius 3 is 2.83 bits per heavy atom. The maximum atomic E-state index is 12.5. The fourth-order valence-electron chi connectivity index (χ4n) is 3.31. The summed E-state index contributed by atoms with van der Waals surface area (Å²) in [6.07, 6.45) is 6.22. The number of methoxy groups -OCH3 is 1. The molecule has 130 valence electrons. The van der Waals surface area contributed by atoms with Crippen LogP contribution in [0.5, 0.6) is 5.75 Å². The first kappa shape index (κ1) is 18.3. The third-order valence-electron chi connectivity index (χ3n) is 4.71. The average Bonchev–Trinajstić information content (AvgIpc) is 2.79. The number of likely N-dealkylation sites (tertiary alicyclic amines) is 1. The van der Waals surface area contributed by atoms with Crippen LogP contribution in [0, 0.1) is 5.92 Å². The predicted octanol–water partition coefficient (Wildman–Crippen LogP) is 3.37. The maximum Gasteiger partial charge on any atom is 0.179 e. The van der Waals surface area contributed by atoms with Crippen molar-refractivity contribution < 1.29 is 13.2 Å². The molecule has 1 unspecified atom stereocenters. The summed E-state index contributed by atoms with van der Waals surface area (Å²) >= 11 is 0. The van der Waals surface area contributed by atoms with E-state index in [2.05, 4.69) is 11.8 Å². The van der Waals surface area contributed by atoms with Crippen LogP contribution >= 0.6 is 0 Å². The van der Waals surface area contributed by atoms with Crippen LogP contribution in [-0.4, -0.2) is 45.8 Å². The largest absolute Gasteiger partial charge is 0.497 e. The zero-order valence-electron chi connectivity index (χ0n) is 14.3. The Morgan fingerprint density at radius 2 is 2.09 bits per heavy atom. The molecule has 1 saturated heterocycles. The van der Waals surface area contributed by atoms with Crippen LogP contribution < -0.4 is 4.74 Å². The van der Waals surface area contributed by atoms with Gasteiger partial charge >= 0.3 is 0 Å². The molecule has 1 fully saturated rings. The molecule has 1 heterocycles. The highest BCUT2D eigenvalue weighted by atomic mass is 32.2. The molecule has 5 heteroatoms. The first-order valence-corrected chi connectivity index (χ1v) is 10.3. The molecular weight excluding hydrogens is 310 g/mol. The van der Waals surface area contributed by atoms with Crippen molar-refractivity contribution in [3.8, 4) is 5.75 Å². The third kappa shape index (κ3) is 5.50. The number of hydrogen-bond donors (Lipinski definition) is 0. The van der Waals surface area contributed by atoms with E-state index >= 15 is 0 Å². The van der Waals surface area contributed by atoms with E-state index in [4.69, 9.17) is 4.74 Å². The highest BCUT2D eigenvalue weighted by Crippen LogP contribution is 2.22. The molecule has 0 amide bonds. The van der Waals surface area contributed by atoms with E-state index in [0.29, 0.717) is 17.2 Å². The van der Waals surface area contributed by atoms with E-state index < -0.39 is 9.84 Å². The summed E-state index contributed by atoms with van der Waals surface area (Å²) in [7, 11) is -1.70. The topological polar surface area (TPSA) is 46.6 Å². The van der Waals surface area contributed by atoms with Crippen LogP contribution in [0.15, 0.2) is 29.2 Å². The predicted molar refractivity (Wildman–Crippen MR) is 93.7 cm³/mol. The van der Waals surface area contributed by atoms with Crippen LogP contribution in [0.2, 0.25) is 0 Å². The lowest BCUT2D eigenvalue weighted by Crippen LogP contribution is -2.30. The smallest absolute Gasteiger partial charge is 0.179 e. The van der Waals surface area contributed by atoms with Gasteiger partial charge in [-0.2, -0.15) is 0 Å². The van der Waals surface area contributed by atoms with Gasteiger partial charge in [-0.25, -0.2) is 8.42 Å². The van der Waals surface area contributed by atoms with Crippen LogP contribution in [0.1, 0.15) is 39.0 Å². The van der Waals surface area contributed by atoms with Crippen molar-refractivity contribution in [2.45, 2.75) is 43.9 Å². The first-order chi connectivity index (χ1) is 11.0. The molecule has 1 aromatic carbocycles. The van der Waals surface area contributed by atoms with Gasteiger partial charge in [0, 0.05) is 6.54 Å². The van der Waals surface area contributed by atoms with Crippen molar-refractivity contribution >= 4 is 9.84 Å². The van der Waals surface area contributed by atoms with Crippen LogP contribution in [0.3, 0.4) is 0 Å². The first-order valence-electron chi connectivity index (χ1n) is 8.64. The molecule has 1 aromatic rings. The molecule has 0 spiro atoms. The molecular formula is C18H29NO3S. The number of benzene rings is 1. The fourth-order valence-corrected chi connectivity index (χ4v) is 4.62. The lowest BCUT2D eigenvalue weighted by molar-refractivity contribution is 0.294. The van der Waals surface area contributed by atoms with Gasteiger partial charge in [-0.15, -0.1) is 0 Å². The summed E-state index contributed by atoms with van der Waals surface area (Å²) in [6, 6.07) is 6.75. The molecule has 0 aliphatic carbocycles. The van der Waals surface area contributed by atoms with Crippen LogP contribution in [-0.2, 0) is 9.84 Å². The van der Waals surface area contributed by atoms with E-state index in [1.807, 2.05) is 0 Å². The van der Waals surface area contributed by atoms with Crippen molar-refractivity contribution in [2.24, 2.45) is 5.92 Å². The van der Waals surface area contributed by atoms with E-state index in [1.54, 1.807) is 31.4 Å². The minimum Gasteiger partial charge on any atom is -0.497 e. The molecule has 0 bridgehead atoms. The Kier molecular flexibility index (Phi) is 6.90. The lowest BCUT2D eigenvalue weighted by Gasteiger charge is -2.20. The van der Waals surface area contributed by atoms with Crippen molar-refractivity contribution in [3.63, 3.8) is 0 Å². The van der Waals surface area contributed by atoms with Gasteiger partial charge in [-0.3, -0.25) is 0 Å². The Bertz CT molecular complexity index is 586. The summed E-state index contributed by atoms with van der Waals surface area (Å²) in [5.74, 6) is 1.58. The van der Waals surface area contributed by atoms with Crippen molar-refractivity contribution in [2.75, 3.05) is 32.5 Å². The monoisotopic (exact) mass is 339 g/mol. The Hall–Kier alpha value is -1.07. The zero-order chi connectivity index (χ0) is 16.7. The maximum absolute atomic E-state index is 12.5. The minimum atomic E-state index is -3.25. The average molecular weight is 340 g/mol. The lowest BCUT2D eigenvalue weighted by atomic mass is 9.96. The van der Waals surface area contributed by atoms with Gasteiger partial charge in [0.15, 0.2) is 9.84 Å². The second-order valence-corrected chi connectivity index (χ2v) is 8.53. The Labute approximate surface area is 140 Å². The number of ether oxygens (including phenoxy) is 1. The van der Waals surface area contributed by atoms with E-state index in [-0.39, 0.29) is 5.75 Å². The molecule has 0 radical (unpaired) electrons. The quantitative estimate of drug-likeness (QED) is 0.764. The normalized spacial score (nSPS) is 20.2. The van der Waals surface area contributed by atoms with E-state index in [1.165, 1.54) is 32.1 Å². The van der Waals surface area contributed by atoms with Gasteiger partial charge in [0.05, 0.1) is 17.8 Å². The number of rotatable bonds is 7. The second kappa shape index (κ2) is 8.69. The minimum absolute atomic E-state index is 0.179. The van der Waals surface area contributed by atoms with Gasteiger partial charge in [-0.05, 0) is 56.5 Å². The van der Waals surface area contributed by atoms with E-state index in [0.717, 1.165) is 19.0 Å². The highest BCUT2D eigenvalue weighted by Gasteiger charge is 2.20. The molecule has 2 rings (SSSR count). The molecule has 0 N–H and O–H groups in total. The molecule has 0 saturated carbocycles. The van der Waals surface area contributed by atoms with Gasteiger partial charge in [-0.1, -0.05) is 25.8 Å². The van der Waals surface area contributed by atoms with Gasteiger partial charge in [0.1, 0.15) is 5.75 Å². The van der Waals surface area contributed by atoms with Gasteiger partial charge in [0.2, 0.25) is 0 Å². The van der Waals surface area contributed by atoms with Gasteiger partial charge in [0.25, 0.3) is 0 Å².